The first-order valence-corrected chi connectivity index (χ1v) is 9.14. The largest absolute Gasteiger partial charge is 0.497 e. The highest BCUT2D eigenvalue weighted by molar-refractivity contribution is 14.0. The van der Waals surface area contributed by atoms with Gasteiger partial charge in [0.2, 0.25) is 5.95 Å². The summed E-state index contributed by atoms with van der Waals surface area (Å²) in [5.41, 5.74) is -0.582. The molecule has 3 rings (SSSR count). The van der Waals surface area contributed by atoms with Crippen LogP contribution in [0.1, 0.15) is 11.1 Å². The van der Waals surface area contributed by atoms with E-state index in [0.717, 1.165) is 6.07 Å². The van der Waals surface area contributed by atoms with E-state index in [2.05, 4.69) is 25.2 Å². The number of nitrogens with zero attached hydrogens (tertiary/aromatic N) is 5. The lowest BCUT2D eigenvalue weighted by Crippen LogP contribution is -2.52. The van der Waals surface area contributed by atoms with Crippen molar-refractivity contribution in [3.63, 3.8) is 0 Å². The van der Waals surface area contributed by atoms with Gasteiger partial charge in [0.25, 0.3) is 0 Å². The maximum absolute atomic E-state index is 13.4. The molecule has 30 heavy (non-hydrogen) atoms. The van der Waals surface area contributed by atoms with Crippen molar-refractivity contribution in [3.05, 3.63) is 47.8 Å². The number of alkyl halides is 3. The Morgan fingerprint density at radius 2 is 1.83 bits per heavy atom. The predicted octanol–water partition coefficient (Wildman–Crippen LogP) is 3.02. The van der Waals surface area contributed by atoms with Crippen molar-refractivity contribution in [2.45, 2.75) is 12.7 Å². The molecule has 0 saturated carbocycles. The Hall–Kier alpha value is -2.31. The van der Waals surface area contributed by atoms with Gasteiger partial charge in [0.15, 0.2) is 5.96 Å². The summed E-state index contributed by atoms with van der Waals surface area (Å²) in [5.74, 6) is 1.40. The number of aliphatic imine (C=N–C) groups is 1. The van der Waals surface area contributed by atoms with Gasteiger partial charge in [0, 0.05) is 52.2 Å². The zero-order valence-electron chi connectivity index (χ0n) is 16.7. The summed E-state index contributed by atoms with van der Waals surface area (Å²) in [7, 11) is 2.96. The second kappa shape index (κ2) is 10.6. The van der Waals surface area contributed by atoms with Gasteiger partial charge in [-0.25, -0.2) is 9.97 Å². The minimum atomic E-state index is -4.46. The molecule has 0 bridgehead atoms. The summed E-state index contributed by atoms with van der Waals surface area (Å²) >= 11 is 0. The standard InChI is InChI=1S/C19H23F3N6O.HI/c1-23-17(27-8-10-28(11-9-27)18-24-6-3-7-25-18)26-13-14-4-5-15(29-2)12-16(14)19(20,21)22;/h3-7,12H,8-11,13H2,1-2H3,(H,23,26);1H. The first-order valence-electron chi connectivity index (χ1n) is 9.14. The van der Waals surface area contributed by atoms with E-state index in [0.29, 0.717) is 38.1 Å². The van der Waals surface area contributed by atoms with E-state index in [-0.39, 0.29) is 41.8 Å². The second-order valence-electron chi connectivity index (χ2n) is 6.44. The zero-order valence-corrected chi connectivity index (χ0v) is 19.0. The normalized spacial score (nSPS) is 14.9. The van der Waals surface area contributed by atoms with E-state index in [1.807, 2.05) is 4.90 Å². The molecule has 7 nitrogen and oxygen atoms in total. The Bertz CT molecular complexity index is 842. The average Bonchev–Trinajstić information content (AvgIpc) is 2.74. The lowest BCUT2D eigenvalue weighted by atomic mass is 10.1. The van der Waals surface area contributed by atoms with Crippen LogP contribution in [0.25, 0.3) is 0 Å². The summed E-state index contributed by atoms with van der Waals surface area (Å²) in [5, 5.41) is 3.05. The molecule has 1 saturated heterocycles. The number of rotatable bonds is 4. The minimum absolute atomic E-state index is 0. The van der Waals surface area contributed by atoms with Gasteiger partial charge >= 0.3 is 6.18 Å². The lowest BCUT2D eigenvalue weighted by Gasteiger charge is -2.36. The number of nitrogens with one attached hydrogen (secondary N) is 1. The maximum atomic E-state index is 13.4. The molecule has 1 fully saturated rings. The van der Waals surface area contributed by atoms with Gasteiger partial charge in [-0.05, 0) is 23.8 Å². The maximum Gasteiger partial charge on any atom is 0.416 e. The number of hydrogen-bond donors (Lipinski definition) is 1. The van der Waals surface area contributed by atoms with Gasteiger partial charge in [-0.1, -0.05) is 6.07 Å². The molecule has 0 unspecified atom stereocenters. The quantitative estimate of drug-likeness (QED) is 0.369. The van der Waals surface area contributed by atoms with E-state index in [9.17, 15) is 13.2 Å². The highest BCUT2D eigenvalue weighted by Gasteiger charge is 2.34. The van der Waals surface area contributed by atoms with Crippen LogP contribution in [0.4, 0.5) is 19.1 Å². The number of benzene rings is 1. The predicted molar refractivity (Wildman–Crippen MR) is 119 cm³/mol. The van der Waals surface area contributed by atoms with Crippen molar-refractivity contribution in [3.8, 4) is 5.75 Å². The first kappa shape index (κ1) is 24.0. The van der Waals surface area contributed by atoms with Crippen LogP contribution in [-0.4, -0.2) is 61.2 Å². The minimum Gasteiger partial charge on any atom is -0.497 e. The van der Waals surface area contributed by atoms with Crippen LogP contribution in [0.3, 0.4) is 0 Å². The number of piperazine rings is 1. The van der Waals surface area contributed by atoms with E-state index >= 15 is 0 Å². The van der Waals surface area contributed by atoms with Gasteiger partial charge in [-0.15, -0.1) is 24.0 Å². The Balaban J connectivity index is 0.00000320. The number of anilines is 1. The van der Waals surface area contributed by atoms with Crippen LogP contribution in [0.5, 0.6) is 5.75 Å². The van der Waals surface area contributed by atoms with Crippen LogP contribution in [0.2, 0.25) is 0 Å². The zero-order chi connectivity index (χ0) is 20.9. The molecule has 2 aromatic rings. The average molecular weight is 536 g/mol. The number of aromatic nitrogens is 2. The third-order valence-electron chi connectivity index (χ3n) is 4.69. The van der Waals surface area contributed by atoms with Gasteiger partial charge in [0.05, 0.1) is 12.7 Å². The van der Waals surface area contributed by atoms with Crippen molar-refractivity contribution in [1.29, 1.82) is 0 Å². The van der Waals surface area contributed by atoms with Crippen LogP contribution in [0.15, 0.2) is 41.7 Å². The van der Waals surface area contributed by atoms with Gasteiger partial charge in [-0.2, -0.15) is 13.2 Å². The lowest BCUT2D eigenvalue weighted by molar-refractivity contribution is -0.138. The number of methoxy groups -OCH3 is 1. The van der Waals surface area contributed by atoms with Crippen molar-refractivity contribution in [2.75, 3.05) is 45.2 Å². The van der Waals surface area contributed by atoms with E-state index in [1.165, 1.54) is 19.2 Å². The SMILES string of the molecule is CN=C(NCc1ccc(OC)cc1C(F)(F)F)N1CCN(c2ncccn2)CC1.I. The molecule has 1 aromatic carbocycles. The Morgan fingerprint density at radius 1 is 1.17 bits per heavy atom. The third kappa shape index (κ3) is 5.86. The van der Waals surface area contributed by atoms with E-state index < -0.39 is 11.7 Å². The summed E-state index contributed by atoms with van der Waals surface area (Å²) < 4.78 is 45.1. The van der Waals surface area contributed by atoms with Crippen LogP contribution < -0.4 is 15.0 Å². The Labute approximate surface area is 190 Å². The summed E-state index contributed by atoms with van der Waals surface area (Å²) in [6.45, 7) is 2.72. The molecule has 1 aromatic heterocycles. The van der Waals surface area contributed by atoms with E-state index in [1.54, 1.807) is 25.5 Å². The molecule has 0 atom stereocenters. The summed E-state index contributed by atoms with van der Waals surface area (Å²) in [6.07, 6.45) is -1.07. The third-order valence-corrected chi connectivity index (χ3v) is 4.69. The molecule has 1 aliphatic rings. The molecule has 1 aliphatic heterocycles. The smallest absolute Gasteiger partial charge is 0.416 e. The highest BCUT2D eigenvalue weighted by atomic mass is 127. The molecule has 0 aliphatic carbocycles. The fourth-order valence-electron chi connectivity index (χ4n) is 3.18. The monoisotopic (exact) mass is 536 g/mol. The van der Waals surface area contributed by atoms with Gasteiger partial charge < -0.3 is 19.9 Å². The highest BCUT2D eigenvalue weighted by Crippen LogP contribution is 2.34. The Kier molecular flexibility index (Phi) is 8.50. The molecular weight excluding hydrogens is 512 g/mol. The van der Waals surface area contributed by atoms with E-state index in [4.69, 9.17) is 4.74 Å². The van der Waals surface area contributed by atoms with Gasteiger partial charge in [0.1, 0.15) is 5.75 Å². The fourth-order valence-corrected chi connectivity index (χ4v) is 3.18. The number of halogens is 4. The summed E-state index contributed by atoms with van der Waals surface area (Å²) in [4.78, 5) is 16.8. The topological polar surface area (TPSA) is 65.9 Å². The fraction of sp³-hybridized carbons (Fsp3) is 0.421. The van der Waals surface area contributed by atoms with Crippen molar-refractivity contribution < 1.29 is 17.9 Å². The van der Waals surface area contributed by atoms with Crippen molar-refractivity contribution in [1.82, 2.24) is 20.2 Å². The molecule has 0 amide bonds. The molecule has 2 heterocycles. The first-order chi connectivity index (χ1) is 13.9. The molecule has 0 radical (unpaired) electrons. The molecule has 0 spiro atoms. The van der Waals surface area contributed by atoms with Crippen LogP contribution in [0, 0.1) is 0 Å². The van der Waals surface area contributed by atoms with Gasteiger partial charge in [-0.3, -0.25) is 4.99 Å². The van der Waals surface area contributed by atoms with Crippen molar-refractivity contribution in [2.24, 2.45) is 4.99 Å². The second-order valence-corrected chi connectivity index (χ2v) is 6.44. The van der Waals surface area contributed by atoms with Crippen LogP contribution >= 0.6 is 24.0 Å². The molecule has 164 valence electrons. The number of ether oxygens (including phenoxy) is 1. The Morgan fingerprint density at radius 3 is 2.40 bits per heavy atom. The molecule has 1 N–H and O–H groups in total. The van der Waals surface area contributed by atoms with Crippen LogP contribution in [-0.2, 0) is 12.7 Å². The number of hydrogen-bond acceptors (Lipinski definition) is 5. The van der Waals surface area contributed by atoms with Crippen molar-refractivity contribution >= 4 is 35.9 Å². The molecular formula is C19H24F3IN6O. The molecule has 11 heteroatoms. The summed E-state index contributed by atoms with van der Waals surface area (Å²) in [6, 6.07) is 5.72. The number of guanidine groups is 1.